The van der Waals surface area contributed by atoms with E-state index in [1.807, 2.05) is 6.92 Å². The Morgan fingerprint density at radius 1 is 1.53 bits per heavy atom. The van der Waals surface area contributed by atoms with E-state index in [0.717, 1.165) is 19.1 Å². The van der Waals surface area contributed by atoms with Gasteiger partial charge in [0.1, 0.15) is 5.25 Å². The third-order valence-corrected chi connectivity index (χ3v) is 4.57. The van der Waals surface area contributed by atoms with Crippen molar-refractivity contribution in [2.24, 2.45) is 0 Å². The highest BCUT2D eigenvalue weighted by atomic mass is 32.2. The van der Waals surface area contributed by atoms with Crippen LogP contribution in [0.3, 0.4) is 0 Å². The van der Waals surface area contributed by atoms with Crippen LogP contribution in [0.1, 0.15) is 26.7 Å². The first kappa shape index (κ1) is 14.4. The van der Waals surface area contributed by atoms with Gasteiger partial charge in [0.25, 0.3) is 0 Å². The van der Waals surface area contributed by atoms with Crippen molar-refractivity contribution in [3.05, 3.63) is 0 Å². The topological polar surface area (TPSA) is 63.7 Å². The first-order valence-electron chi connectivity index (χ1n) is 5.95. The van der Waals surface area contributed by atoms with Gasteiger partial charge in [0.15, 0.2) is 9.84 Å². The van der Waals surface area contributed by atoms with Gasteiger partial charge in [0.2, 0.25) is 5.91 Å². The standard InChI is InChI=1S/C11H21NO4S/c1-4-16-10-6-5-7-12(8-10)11(13)9(2)17(3,14)15/h9-10H,4-8H2,1-3H3/t9-,10-/m0/s1. The normalized spacial score (nSPS) is 23.5. The number of carbonyl (C=O) groups is 1. The van der Waals surface area contributed by atoms with Gasteiger partial charge in [-0.1, -0.05) is 0 Å². The number of nitrogens with zero attached hydrogens (tertiary/aromatic N) is 1. The number of sulfone groups is 1. The molecule has 0 radical (unpaired) electrons. The van der Waals surface area contributed by atoms with Crippen LogP contribution in [0.25, 0.3) is 0 Å². The number of hydrogen-bond acceptors (Lipinski definition) is 4. The minimum atomic E-state index is -3.31. The Morgan fingerprint density at radius 2 is 2.18 bits per heavy atom. The number of ether oxygens (including phenoxy) is 1. The van der Waals surface area contributed by atoms with Crippen molar-refractivity contribution in [3.8, 4) is 0 Å². The molecule has 0 N–H and O–H groups in total. The second-order valence-electron chi connectivity index (χ2n) is 4.48. The summed E-state index contributed by atoms with van der Waals surface area (Å²) in [6.07, 6.45) is 2.95. The van der Waals surface area contributed by atoms with Crippen LogP contribution in [0.2, 0.25) is 0 Å². The zero-order chi connectivity index (χ0) is 13.1. The van der Waals surface area contributed by atoms with Gasteiger partial charge in [-0.3, -0.25) is 4.79 Å². The number of likely N-dealkylation sites (tertiary alicyclic amines) is 1. The van der Waals surface area contributed by atoms with Gasteiger partial charge >= 0.3 is 0 Å². The molecule has 1 aliphatic rings. The second kappa shape index (κ2) is 5.82. The number of amides is 1. The zero-order valence-corrected chi connectivity index (χ0v) is 11.5. The molecule has 2 atom stereocenters. The highest BCUT2D eigenvalue weighted by Crippen LogP contribution is 2.15. The Kier molecular flexibility index (Phi) is 4.94. The zero-order valence-electron chi connectivity index (χ0n) is 10.7. The van der Waals surface area contributed by atoms with Crippen LogP contribution < -0.4 is 0 Å². The van der Waals surface area contributed by atoms with Crippen LogP contribution in [0, 0.1) is 0 Å². The summed E-state index contributed by atoms with van der Waals surface area (Å²) in [4.78, 5) is 13.6. The van der Waals surface area contributed by atoms with E-state index in [9.17, 15) is 13.2 Å². The maximum Gasteiger partial charge on any atom is 0.240 e. The van der Waals surface area contributed by atoms with E-state index in [0.29, 0.717) is 19.7 Å². The first-order valence-corrected chi connectivity index (χ1v) is 7.91. The molecule has 0 aromatic carbocycles. The lowest BCUT2D eigenvalue weighted by molar-refractivity contribution is -0.134. The van der Waals surface area contributed by atoms with Crippen molar-refractivity contribution in [1.82, 2.24) is 4.90 Å². The molecule has 0 saturated carbocycles. The average molecular weight is 263 g/mol. The minimum Gasteiger partial charge on any atom is -0.377 e. The highest BCUT2D eigenvalue weighted by Gasteiger charge is 2.31. The summed E-state index contributed by atoms with van der Waals surface area (Å²) in [6, 6.07) is 0. The van der Waals surface area contributed by atoms with Crippen LogP contribution in [0.5, 0.6) is 0 Å². The van der Waals surface area contributed by atoms with E-state index in [4.69, 9.17) is 4.74 Å². The molecule has 0 spiro atoms. The highest BCUT2D eigenvalue weighted by molar-refractivity contribution is 7.92. The molecule has 0 bridgehead atoms. The Hall–Kier alpha value is -0.620. The second-order valence-corrected chi connectivity index (χ2v) is 6.84. The van der Waals surface area contributed by atoms with Crippen molar-refractivity contribution in [2.75, 3.05) is 26.0 Å². The lowest BCUT2D eigenvalue weighted by atomic mass is 10.1. The monoisotopic (exact) mass is 263 g/mol. The summed E-state index contributed by atoms with van der Waals surface area (Å²) in [5.41, 5.74) is 0. The van der Waals surface area contributed by atoms with Crippen LogP contribution in [-0.4, -0.2) is 56.5 Å². The van der Waals surface area contributed by atoms with Crippen molar-refractivity contribution in [2.45, 2.75) is 38.0 Å². The van der Waals surface area contributed by atoms with E-state index < -0.39 is 15.1 Å². The molecule has 1 amide bonds. The third kappa shape index (κ3) is 3.96. The molecule has 0 aromatic heterocycles. The fraction of sp³-hybridized carbons (Fsp3) is 0.909. The molecule has 17 heavy (non-hydrogen) atoms. The van der Waals surface area contributed by atoms with Gasteiger partial charge in [-0.05, 0) is 26.7 Å². The third-order valence-electron chi connectivity index (χ3n) is 3.08. The van der Waals surface area contributed by atoms with Crippen molar-refractivity contribution < 1.29 is 17.9 Å². The predicted octanol–water partition coefficient (Wildman–Crippen LogP) is 0.447. The van der Waals surface area contributed by atoms with Crippen LogP contribution in [0.15, 0.2) is 0 Å². The largest absolute Gasteiger partial charge is 0.377 e. The smallest absolute Gasteiger partial charge is 0.240 e. The Morgan fingerprint density at radius 3 is 2.71 bits per heavy atom. The molecule has 1 heterocycles. The SMILES string of the molecule is CCO[C@H]1CCCN(C(=O)[C@H](C)S(C)(=O)=O)C1. The molecule has 1 rings (SSSR count). The molecule has 0 aromatic rings. The van der Waals surface area contributed by atoms with Crippen molar-refractivity contribution >= 4 is 15.7 Å². The first-order chi connectivity index (χ1) is 7.86. The maximum absolute atomic E-state index is 12.0. The van der Waals surface area contributed by atoms with Crippen molar-refractivity contribution in [1.29, 1.82) is 0 Å². The summed E-state index contributed by atoms with van der Waals surface area (Å²) >= 11 is 0. The molecule has 0 aliphatic carbocycles. The van der Waals surface area contributed by atoms with Crippen LogP contribution >= 0.6 is 0 Å². The lowest BCUT2D eigenvalue weighted by Crippen LogP contribution is -2.48. The Balaban J connectivity index is 2.63. The maximum atomic E-state index is 12.0. The van der Waals surface area contributed by atoms with Gasteiger partial charge < -0.3 is 9.64 Å². The molecular formula is C11H21NO4S. The molecule has 6 heteroatoms. The molecule has 5 nitrogen and oxygen atoms in total. The number of rotatable bonds is 4. The van der Waals surface area contributed by atoms with Crippen molar-refractivity contribution in [3.63, 3.8) is 0 Å². The molecule has 1 saturated heterocycles. The van der Waals surface area contributed by atoms with E-state index in [-0.39, 0.29) is 12.0 Å². The molecular weight excluding hydrogens is 242 g/mol. The molecule has 100 valence electrons. The average Bonchev–Trinajstić information content (AvgIpc) is 2.27. The van der Waals surface area contributed by atoms with Gasteiger partial charge in [0.05, 0.1) is 6.10 Å². The van der Waals surface area contributed by atoms with Gasteiger partial charge in [-0.2, -0.15) is 0 Å². The summed E-state index contributed by atoms with van der Waals surface area (Å²) < 4.78 is 28.2. The number of carbonyl (C=O) groups excluding carboxylic acids is 1. The quantitative estimate of drug-likeness (QED) is 0.738. The van der Waals surface area contributed by atoms with E-state index >= 15 is 0 Å². The van der Waals surface area contributed by atoms with Gasteiger partial charge in [-0.15, -0.1) is 0 Å². The molecule has 1 fully saturated rings. The summed E-state index contributed by atoms with van der Waals surface area (Å²) in [7, 11) is -3.31. The summed E-state index contributed by atoms with van der Waals surface area (Å²) in [5.74, 6) is -0.308. The predicted molar refractivity (Wildman–Crippen MR) is 65.5 cm³/mol. The lowest BCUT2D eigenvalue weighted by Gasteiger charge is -2.33. The number of piperidine rings is 1. The molecule has 1 aliphatic heterocycles. The molecule has 0 unspecified atom stereocenters. The fourth-order valence-electron chi connectivity index (χ4n) is 1.95. The van der Waals surface area contributed by atoms with Crippen LogP contribution in [0.4, 0.5) is 0 Å². The van der Waals surface area contributed by atoms with E-state index in [1.165, 1.54) is 6.92 Å². The van der Waals surface area contributed by atoms with Gasteiger partial charge in [-0.25, -0.2) is 8.42 Å². The van der Waals surface area contributed by atoms with E-state index in [1.54, 1.807) is 4.90 Å². The van der Waals surface area contributed by atoms with Crippen LogP contribution in [-0.2, 0) is 19.4 Å². The summed E-state index contributed by atoms with van der Waals surface area (Å²) in [5, 5.41) is -0.956. The number of hydrogen-bond donors (Lipinski definition) is 0. The minimum absolute atomic E-state index is 0.0458. The van der Waals surface area contributed by atoms with E-state index in [2.05, 4.69) is 0 Å². The fourth-order valence-corrected chi connectivity index (χ4v) is 2.47. The Bertz CT molecular complexity index is 364. The Labute approximate surface area is 103 Å². The summed E-state index contributed by atoms with van der Waals surface area (Å²) in [6.45, 7) is 5.12. The van der Waals surface area contributed by atoms with Gasteiger partial charge in [0, 0.05) is 26.0 Å².